The van der Waals surface area contributed by atoms with Crippen LogP contribution in [0.3, 0.4) is 0 Å². The number of hydrogen-bond acceptors (Lipinski definition) is 4. The molecule has 0 bridgehead atoms. The van der Waals surface area contributed by atoms with E-state index in [1.165, 1.54) is 4.90 Å². The van der Waals surface area contributed by atoms with E-state index in [4.69, 9.17) is 11.6 Å². The van der Waals surface area contributed by atoms with Crippen molar-refractivity contribution in [3.63, 3.8) is 0 Å². The van der Waals surface area contributed by atoms with Crippen LogP contribution in [0.25, 0.3) is 0 Å². The van der Waals surface area contributed by atoms with Crippen molar-refractivity contribution in [2.75, 3.05) is 17.1 Å². The normalized spacial score (nSPS) is 14.5. The zero-order chi connectivity index (χ0) is 28.7. The SMILES string of the molecule is CS(=O)(=O)N(CC(=O)N(Cc1ccccc1Cl)C(Cc1ccccc1)C(=O)NC1CCCC1)c1ccccc1Br. The molecular formula is C30H33BrClN3O4S. The van der Waals surface area contributed by atoms with E-state index in [1.807, 2.05) is 36.4 Å². The average molecular weight is 647 g/mol. The van der Waals surface area contributed by atoms with Crippen LogP contribution in [0.4, 0.5) is 5.69 Å². The topological polar surface area (TPSA) is 86.8 Å². The highest BCUT2D eigenvalue weighted by Gasteiger charge is 2.34. The summed E-state index contributed by atoms with van der Waals surface area (Å²) < 4.78 is 27.4. The number of sulfonamides is 1. The smallest absolute Gasteiger partial charge is 0.244 e. The van der Waals surface area contributed by atoms with Crippen LogP contribution >= 0.6 is 27.5 Å². The van der Waals surface area contributed by atoms with Crippen LogP contribution in [0.15, 0.2) is 83.3 Å². The van der Waals surface area contributed by atoms with Crippen LogP contribution in [0, 0.1) is 0 Å². The van der Waals surface area contributed by atoms with Crippen molar-refractivity contribution in [1.29, 1.82) is 0 Å². The van der Waals surface area contributed by atoms with Gasteiger partial charge in [0.2, 0.25) is 21.8 Å². The van der Waals surface area contributed by atoms with Crippen LogP contribution in [0.5, 0.6) is 0 Å². The number of rotatable bonds is 11. The maximum Gasteiger partial charge on any atom is 0.244 e. The molecule has 0 saturated heterocycles. The molecule has 1 fully saturated rings. The van der Waals surface area contributed by atoms with Gasteiger partial charge in [0.15, 0.2) is 0 Å². The van der Waals surface area contributed by atoms with Crippen LogP contribution in [0.1, 0.15) is 36.8 Å². The Morgan fingerprint density at radius 1 is 0.975 bits per heavy atom. The van der Waals surface area contributed by atoms with E-state index in [2.05, 4.69) is 21.2 Å². The third-order valence-corrected chi connectivity index (χ3v) is 9.24. The molecule has 7 nitrogen and oxygen atoms in total. The molecule has 1 unspecified atom stereocenters. The minimum Gasteiger partial charge on any atom is -0.352 e. The first-order valence-corrected chi connectivity index (χ1v) is 16.2. The van der Waals surface area contributed by atoms with Crippen LogP contribution < -0.4 is 9.62 Å². The lowest BCUT2D eigenvalue weighted by Gasteiger charge is -2.34. The Morgan fingerprint density at radius 3 is 2.25 bits per heavy atom. The predicted molar refractivity (Wildman–Crippen MR) is 163 cm³/mol. The molecule has 1 atom stereocenters. The van der Waals surface area contributed by atoms with E-state index in [1.54, 1.807) is 42.5 Å². The van der Waals surface area contributed by atoms with E-state index >= 15 is 0 Å². The number of para-hydroxylation sites is 1. The molecule has 1 N–H and O–H groups in total. The van der Waals surface area contributed by atoms with Crippen molar-refractivity contribution in [1.82, 2.24) is 10.2 Å². The number of amides is 2. The monoisotopic (exact) mass is 645 g/mol. The number of benzene rings is 3. The number of nitrogens with one attached hydrogen (secondary N) is 1. The molecule has 1 aliphatic rings. The molecule has 0 aliphatic heterocycles. The minimum atomic E-state index is -3.84. The molecule has 40 heavy (non-hydrogen) atoms. The predicted octanol–water partition coefficient (Wildman–Crippen LogP) is 5.57. The summed E-state index contributed by atoms with van der Waals surface area (Å²) in [5.74, 6) is -0.772. The quantitative estimate of drug-likeness (QED) is 0.295. The minimum absolute atomic E-state index is 0.0433. The second-order valence-corrected chi connectivity index (χ2v) is 13.2. The Kier molecular flexibility index (Phi) is 10.3. The highest BCUT2D eigenvalue weighted by Crippen LogP contribution is 2.29. The van der Waals surface area contributed by atoms with Gasteiger partial charge >= 0.3 is 0 Å². The van der Waals surface area contributed by atoms with Crippen LogP contribution in [-0.4, -0.2) is 50.0 Å². The highest BCUT2D eigenvalue weighted by atomic mass is 79.9. The number of hydrogen-bond donors (Lipinski definition) is 1. The zero-order valence-corrected chi connectivity index (χ0v) is 25.5. The first kappa shape index (κ1) is 30.1. The molecule has 0 heterocycles. The van der Waals surface area contributed by atoms with Gasteiger partial charge in [0.1, 0.15) is 12.6 Å². The standard InChI is InChI=1S/C30H33BrClN3O4S/c1-40(38,39)35(27-18-10-8-16-25(27)31)21-29(36)34(20-23-13-5-9-17-26(23)32)28(19-22-11-3-2-4-12-22)30(37)33-24-14-6-7-15-24/h2-5,8-13,16-18,24,28H,6-7,14-15,19-21H2,1H3,(H,33,37). The molecule has 212 valence electrons. The maximum absolute atomic E-state index is 14.2. The zero-order valence-electron chi connectivity index (χ0n) is 22.3. The number of nitrogens with zero attached hydrogens (tertiary/aromatic N) is 2. The van der Waals surface area contributed by atoms with Gasteiger partial charge in [-0.2, -0.15) is 0 Å². The summed E-state index contributed by atoms with van der Waals surface area (Å²) in [5.41, 5.74) is 1.89. The van der Waals surface area contributed by atoms with Crippen molar-refractivity contribution >= 4 is 55.1 Å². The van der Waals surface area contributed by atoms with Crippen LogP contribution in [-0.2, 0) is 32.6 Å². The third-order valence-electron chi connectivity index (χ3n) is 7.07. The summed E-state index contributed by atoms with van der Waals surface area (Å²) in [5, 5.41) is 3.61. The fourth-order valence-electron chi connectivity index (χ4n) is 4.98. The molecule has 3 aromatic carbocycles. The summed E-state index contributed by atoms with van der Waals surface area (Å²) in [6, 6.07) is 22.6. The molecule has 0 radical (unpaired) electrons. The maximum atomic E-state index is 14.2. The summed E-state index contributed by atoms with van der Waals surface area (Å²) in [4.78, 5) is 29.5. The fourth-order valence-corrected chi connectivity index (χ4v) is 6.65. The summed E-state index contributed by atoms with van der Waals surface area (Å²) in [6.07, 6.45) is 5.21. The molecule has 0 aromatic heterocycles. The van der Waals surface area contributed by atoms with Gasteiger partial charge < -0.3 is 10.2 Å². The Balaban J connectivity index is 1.74. The van der Waals surface area contributed by atoms with E-state index in [0.717, 1.165) is 41.8 Å². The molecule has 3 aromatic rings. The number of anilines is 1. The number of carbonyl (C=O) groups is 2. The molecule has 1 aliphatic carbocycles. The van der Waals surface area contributed by atoms with Gasteiger partial charge in [0, 0.05) is 28.5 Å². The van der Waals surface area contributed by atoms with E-state index < -0.39 is 28.5 Å². The molecule has 4 rings (SSSR count). The van der Waals surface area contributed by atoms with Gasteiger partial charge in [-0.3, -0.25) is 13.9 Å². The lowest BCUT2D eigenvalue weighted by atomic mass is 10.0. The molecule has 1 saturated carbocycles. The van der Waals surface area contributed by atoms with Crippen molar-refractivity contribution in [3.8, 4) is 0 Å². The highest BCUT2D eigenvalue weighted by molar-refractivity contribution is 9.10. The lowest BCUT2D eigenvalue weighted by molar-refractivity contribution is -0.140. The molecular weight excluding hydrogens is 614 g/mol. The van der Waals surface area contributed by atoms with E-state index in [9.17, 15) is 18.0 Å². The van der Waals surface area contributed by atoms with Crippen molar-refractivity contribution in [3.05, 3.63) is 99.5 Å². The largest absolute Gasteiger partial charge is 0.352 e. The fraction of sp³-hybridized carbons (Fsp3) is 0.333. The van der Waals surface area contributed by atoms with Gasteiger partial charge in [-0.25, -0.2) is 8.42 Å². The first-order valence-electron chi connectivity index (χ1n) is 13.2. The van der Waals surface area contributed by atoms with Gasteiger partial charge in [0.25, 0.3) is 0 Å². The van der Waals surface area contributed by atoms with E-state index in [0.29, 0.717) is 20.7 Å². The molecule has 2 amide bonds. The van der Waals surface area contributed by atoms with Gasteiger partial charge in [0.05, 0.1) is 11.9 Å². The Hall–Kier alpha value is -2.88. The summed E-state index contributed by atoms with van der Waals surface area (Å²) in [7, 11) is -3.84. The Morgan fingerprint density at radius 2 is 1.60 bits per heavy atom. The Labute approximate surface area is 249 Å². The lowest BCUT2D eigenvalue weighted by Crippen LogP contribution is -2.54. The van der Waals surface area contributed by atoms with Crippen molar-refractivity contribution in [2.24, 2.45) is 0 Å². The first-order chi connectivity index (χ1) is 19.1. The third kappa shape index (κ3) is 7.86. The van der Waals surface area contributed by atoms with Gasteiger partial charge in [-0.1, -0.05) is 85.1 Å². The van der Waals surface area contributed by atoms with Gasteiger partial charge in [-0.05, 0) is 58.1 Å². The van der Waals surface area contributed by atoms with Crippen molar-refractivity contribution in [2.45, 2.75) is 50.7 Å². The summed E-state index contributed by atoms with van der Waals surface area (Å²) >= 11 is 9.91. The average Bonchev–Trinajstić information content (AvgIpc) is 3.43. The number of carbonyl (C=O) groups excluding carboxylic acids is 2. The van der Waals surface area contributed by atoms with Crippen molar-refractivity contribution < 1.29 is 18.0 Å². The summed E-state index contributed by atoms with van der Waals surface area (Å²) in [6.45, 7) is -0.435. The second kappa shape index (κ2) is 13.7. The number of halogens is 2. The molecule has 10 heteroatoms. The molecule has 0 spiro atoms. The second-order valence-electron chi connectivity index (χ2n) is 10.0. The Bertz CT molecular complexity index is 1430. The van der Waals surface area contributed by atoms with Gasteiger partial charge in [-0.15, -0.1) is 0 Å². The van der Waals surface area contributed by atoms with Crippen LogP contribution in [0.2, 0.25) is 5.02 Å². The van der Waals surface area contributed by atoms with E-state index in [-0.39, 0.29) is 24.9 Å².